The molecular formula is C13H24N2O. The van der Waals surface area contributed by atoms with Crippen molar-refractivity contribution in [1.29, 1.82) is 0 Å². The van der Waals surface area contributed by atoms with Crippen molar-refractivity contribution in [2.45, 2.75) is 59.9 Å². The Morgan fingerprint density at radius 2 is 2.00 bits per heavy atom. The van der Waals surface area contributed by atoms with Gasteiger partial charge in [0.1, 0.15) is 5.69 Å². The monoisotopic (exact) mass is 224 g/mol. The molecule has 0 aromatic carbocycles. The Morgan fingerprint density at radius 1 is 1.31 bits per heavy atom. The van der Waals surface area contributed by atoms with Crippen molar-refractivity contribution in [3.8, 4) is 5.75 Å². The summed E-state index contributed by atoms with van der Waals surface area (Å²) in [5, 5.41) is 14.6. The molecule has 1 heterocycles. The Labute approximate surface area is 98.5 Å². The molecule has 3 nitrogen and oxygen atoms in total. The van der Waals surface area contributed by atoms with Gasteiger partial charge in [-0.05, 0) is 25.2 Å². The van der Waals surface area contributed by atoms with E-state index in [1.54, 1.807) is 0 Å². The van der Waals surface area contributed by atoms with Gasteiger partial charge in [-0.25, -0.2) is 0 Å². The molecule has 1 rings (SSSR count). The molecule has 3 heteroatoms. The highest BCUT2D eigenvalue weighted by Crippen LogP contribution is 2.25. The van der Waals surface area contributed by atoms with E-state index in [9.17, 15) is 5.11 Å². The van der Waals surface area contributed by atoms with E-state index in [-0.39, 0.29) is 0 Å². The molecule has 0 fully saturated rings. The van der Waals surface area contributed by atoms with Crippen molar-refractivity contribution in [2.24, 2.45) is 5.92 Å². The van der Waals surface area contributed by atoms with Crippen molar-refractivity contribution in [2.75, 3.05) is 0 Å². The topological polar surface area (TPSA) is 38.0 Å². The molecule has 0 aliphatic heterocycles. The summed E-state index contributed by atoms with van der Waals surface area (Å²) in [7, 11) is 0. The molecule has 0 unspecified atom stereocenters. The zero-order valence-electron chi connectivity index (χ0n) is 11.0. The Hall–Kier alpha value is -0.990. The summed E-state index contributed by atoms with van der Waals surface area (Å²) in [4.78, 5) is 0. The van der Waals surface area contributed by atoms with E-state index in [1.165, 1.54) is 0 Å². The Morgan fingerprint density at radius 3 is 2.50 bits per heavy atom. The zero-order valence-corrected chi connectivity index (χ0v) is 11.0. The summed E-state index contributed by atoms with van der Waals surface area (Å²) in [6.45, 7) is 9.46. The zero-order chi connectivity index (χ0) is 12.1. The van der Waals surface area contributed by atoms with Crippen molar-refractivity contribution >= 4 is 0 Å². The molecule has 0 radical (unpaired) electrons. The van der Waals surface area contributed by atoms with Gasteiger partial charge < -0.3 is 5.11 Å². The number of unbranched alkanes of at least 4 members (excludes halogenated alkanes) is 1. The van der Waals surface area contributed by atoms with Gasteiger partial charge >= 0.3 is 0 Å². The maximum absolute atomic E-state index is 10.1. The number of aromatic hydroxyl groups is 1. The molecule has 0 spiro atoms. The molecule has 0 saturated carbocycles. The minimum Gasteiger partial charge on any atom is -0.504 e. The predicted molar refractivity (Wildman–Crippen MR) is 66.7 cm³/mol. The van der Waals surface area contributed by atoms with E-state index in [0.29, 0.717) is 11.7 Å². The van der Waals surface area contributed by atoms with Gasteiger partial charge in [-0.1, -0.05) is 34.1 Å². The van der Waals surface area contributed by atoms with Crippen molar-refractivity contribution in [1.82, 2.24) is 9.78 Å². The van der Waals surface area contributed by atoms with Crippen molar-refractivity contribution < 1.29 is 5.11 Å². The van der Waals surface area contributed by atoms with Crippen LogP contribution in [0.15, 0.2) is 0 Å². The van der Waals surface area contributed by atoms with Crippen LogP contribution in [0.25, 0.3) is 0 Å². The van der Waals surface area contributed by atoms with Crippen LogP contribution >= 0.6 is 0 Å². The average molecular weight is 224 g/mol. The maximum Gasteiger partial charge on any atom is 0.160 e. The summed E-state index contributed by atoms with van der Waals surface area (Å²) < 4.78 is 1.98. The first-order valence-corrected chi connectivity index (χ1v) is 6.37. The largest absolute Gasteiger partial charge is 0.504 e. The molecule has 16 heavy (non-hydrogen) atoms. The van der Waals surface area contributed by atoms with Crippen LogP contribution in [0.1, 0.15) is 51.9 Å². The van der Waals surface area contributed by atoms with E-state index in [0.717, 1.165) is 43.6 Å². The molecule has 0 atom stereocenters. The molecule has 0 aliphatic carbocycles. The first-order valence-electron chi connectivity index (χ1n) is 6.37. The minimum absolute atomic E-state index is 0.423. The number of rotatable bonds is 6. The third kappa shape index (κ3) is 3.00. The van der Waals surface area contributed by atoms with Crippen LogP contribution in [0.2, 0.25) is 0 Å². The molecule has 0 bridgehead atoms. The average Bonchev–Trinajstić information content (AvgIpc) is 2.51. The molecule has 0 saturated heterocycles. The number of hydrogen-bond acceptors (Lipinski definition) is 2. The highest BCUT2D eigenvalue weighted by Gasteiger charge is 2.15. The Bertz CT molecular complexity index is 329. The first kappa shape index (κ1) is 13.1. The van der Waals surface area contributed by atoms with Gasteiger partial charge in [0.05, 0.1) is 5.69 Å². The van der Waals surface area contributed by atoms with Crippen LogP contribution in [0.4, 0.5) is 0 Å². The van der Waals surface area contributed by atoms with Crippen LogP contribution in [-0.4, -0.2) is 14.9 Å². The first-order chi connectivity index (χ1) is 7.60. The van der Waals surface area contributed by atoms with E-state index in [2.05, 4.69) is 32.8 Å². The van der Waals surface area contributed by atoms with Crippen LogP contribution in [-0.2, 0) is 19.4 Å². The maximum atomic E-state index is 10.1. The minimum atomic E-state index is 0.423. The van der Waals surface area contributed by atoms with Gasteiger partial charge in [0.25, 0.3) is 0 Å². The normalized spacial score (nSPS) is 11.3. The summed E-state index contributed by atoms with van der Waals surface area (Å²) in [5.74, 6) is 0.956. The number of nitrogens with zero attached hydrogens (tertiary/aromatic N) is 2. The molecule has 0 aliphatic rings. The second-order valence-corrected chi connectivity index (χ2v) is 4.77. The fourth-order valence-electron chi connectivity index (χ4n) is 1.91. The van der Waals surface area contributed by atoms with E-state index in [1.807, 2.05) is 4.68 Å². The van der Waals surface area contributed by atoms with E-state index >= 15 is 0 Å². The molecule has 1 N–H and O–H groups in total. The van der Waals surface area contributed by atoms with Crippen LogP contribution in [0.3, 0.4) is 0 Å². The second-order valence-electron chi connectivity index (χ2n) is 4.77. The molecule has 1 aromatic rings. The number of hydrogen-bond donors (Lipinski definition) is 1. The second kappa shape index (κ2) is 5.92. The lowest BCUT2D eigenvalue weighted by molar-refractivity contribution is 0.453. The lowest BCUT2D eigenvalue weighted by Gasteiger charge is -2.03. The SMILES string of the molecule is CCCCn1nc(CC(C)C)c(O)c1CC. The van der Waals surface area contributed by atoms with Gasteiger partial charge in [0.15, 0.2) is 5.75 Å². The van der Waals surface area contributed by atoms with Crippen LogP contribution < -0.4 is 0 Å². The summed E-state index contributed by atoms with van der Waals surface area (Å²) in [5.41, 5.74) is 1.85. The molecular weight excluding hydrogens is 200 g/mol. The summed E-state index contributed by atoms with van der Waals surface area (Å²) >= 11 is 0. The van der Waals surface area contributed by atoms with Gasteiger partial charge in [-0.2, -0.15) is 5.10 Å². The highest BCUT2D eigenvalue weighted by molar-refractivity contribution is 5.32. The van der Waals surface area contributed by atoms with Gasteiger partial charge in [-0.15, -0.1) is 0 Å². The smallest absolute Gasteiger partial charge is 0.160 e. The third-order valence-corrected chi connectivity index (χ3v) is 2.76. The lowest BCUT2D eigenvalue weighted by atomic mass is 10.1. The van der Waals surface area contributed by atoms with Crippen molar-refractivity contribution in [3.05, 3.63) is 11.4 Å². The Kier molecular flexibility index (Phi) is 4.84. The molecule has 92 valence electrons. The number of aryl methyl sites for hydroxylation is 1. The molecule has 0 amide bonds. The van der Waals surface area contributed by atoms with Crippen molar-refractivity contribution in [3.63, 3.8) is 0 Å². The van der Waals surface area contributed by atoms with E-state index < -0.39 is 0 Å². The fraction of sp³-hybridized carbons (Fsp3) is 0.769. The van der Waals surface area contributed by atoms with Gasteiger partial charge in [0, 0.05) is 6.54 Å². The summed E-state index contributed by atoms with van der Waals surface area (Å²) in [6, 6.07) is 0. The Balaban J connectivity index is 2.90. The molecule has 1 aromatic heterocycles. The van der Waals surface area contributed by atoms with Gasteiger partial charge in [-0.3, -0.25) is 4.68 Å². The van der Waals surface area contributed by atoms with E-state index in [4.69, 9.17) is 0 Å². The van der Waals surface area contributed by atoms with Crippen LogP contribution in [0.5, 0.6) is 5.75 Å². The lowest BCUT2D eigenvalue weighted by Crippen LogP contribution is -2.05. The predicted octanol–water partition coefficient (Wildman–Crippen LogP) is 3.15. The van der Waals surface area contributed by atoms with Gasteiger partial charge in [0.2, 0.25) is 0 Å². The number of aromatic nitrogens is 2. The third-order valence-electron chi connectivity index (χ3n) is 2.76. The quantitative estimate of drug-likeness (QED) is 0.806. The summed E-state index contributed by atoms with van der Waals surface area (Å²) in [6.07, 6.45) is 3.98. The fourth-order valence-corrected chi connectivity index (χ4v) is 1.91. The van der Waals surface area contributed by atoms with Crippen LogP contribution in [0, 0.1) is 5.92 Å². The highest BCUT2D eigenvalue weighted by atomic mass is 16.3. The standard InChI is InChI=1S/C13H24N2O/c1-5-7-8-15-12(6-2)13(16)11(14-15)9-10(3)4/h10,16H,5-9H2,1-4H3.